The van der Waals surface area contributed by atoms with Gasteiger partial charge in [0.1, 0.15) is 5.75 Å². The molecule has 2 rings (SSSR count). The molecule has 2 aromatic rings. The van der Waals surface area contributed by atoms with E-state index in [1.807, 2.05) is 26.0 Å². The molecule has 0 spiro atoms. The molecule has 0 aliphatic carbocycles. The first-order chi connectivity index (χ1) is 10.8. The molecule has 0 aromatic heterocycles. The highest BCUT2D eigenvalue weighted by Gasteiger charge is 2.15. The second-order valence-corrected chi connectivity index (χ2v) is 6.17. The van der Waals surface area contributed by atoms with E-state index in [4.69, 9.17) is 4.74 Å². The standard InChI is InChI=1S/C20H25NO2/c1-12-9-14(3)18(11-13(12)2)16(5)21-20(22)17-7-8-19(23-6)15(4)10-17/h7-11,16H,1-6H3,(H,21,22)/t16-/m1/s1. The van der Waals surface area contributed by atoms with E-state index in [9.17, 15) is 4.79 Å². The number of aryl methyl sites for hydroxylation is 4. The normalized spacial score (nSPS) is 11.9. The number of hydrogen-bond donors (Lipinski definition) is 1. The van der Waals surface area contributed by atoms with E-state index >= 15 is 0 Å². The summed E-state index contributed by atoms with van der Waals surface area (Å²) in [4.78, 5) is 12.5. The average molecular weight is 311 g/mol. The van der Waals surface area contributed by atoms with Crippen LogP contribution >= 0.6 is 0 Å². The Kier molecular flexibility index (Phi) is 5.09. The number of carbonyl (C=O) groups is 1. The van der Waals surface area contributed by atoms with Gasteiger partial charge in [-0.3, -0.25) is 4.79 Å². The van der Waals surface area contributed by atoms with E-state index < -0.39 is 0 Å². The van der Waals surface area contributed by atoms with Crippen molar-refractivity contribution in [3.05, 3.63) is 63.7 Å². The van der Waals surface area contributed by atoms with Gasteiger partial charge in [0.15, 0.2) is 0 Å². The van der Waals surface area contributed by atoms with Crippen molar-refractivity contribution in [3.63, 3.8) is 0 Å². The fourth-order valence-electron chi connectivity index (χ4n) is 2.83. The number of amides is 1. The van der Waals surface area contributed by atoms with Gasteiger partial charge in [0.25, 0.3) is 5.91 Å². The quantitative estimate of drug-likeness (QED) is 0.907. The van der Waals surface area contributed by atoms with Gasteiger partial charge >= 0.3 is 0 Å². The molecule has 0 fully saturated rings. The maximum Gasteiger partial charge on any atom is 0.251 e. The van der Waals surface area contributed by atoms with Gasteiger partial charge in [0.05, 0.1) is 13.2 Å². The lowest BCUT2D eigenvalue weighted by atomic mass is 9.96. The largest absolute Gasteiger partial charge is 0.496 e. The van der Waals surface area contributed by atoms with Gasteiger partial charge in [0.2, 0.25) is 0 Å². The SMILES string of the molecule is COc1ccc(C(=O)N[C@H](C)c2cc(C)c(C)cc2C)cc1C. The van der Waals surface area contributed by atoms with E-state index in [0.29, 0.717) is 5.56 Å². The van der Waals surface area contributed by atoms with Gasteiger partial charge < -0.3 is 10.1 Å². The Morgan fingerprint density at radius 3 is 2.22 bits per heavy atom. The van der Waals surface area contributed by atoms with Crippen LogP contribution in [0.1, 0.15) is 51.1 Å². The van der Waals surface area contributed by atoms with E-state index in [1.165, 1.54) is 16.7 Å². The minimum Gasteiger partial charge on any atom is -0.496 e. The Morgan fingerprint density at radius 1 is 0.957 bits per heavy atom. The monoisotopic (exact) mass is 311 g/mol. The van der Waals surface area contributed by atoms with Crippen molar-refractivity contribution in [2.45, 2.75) is 40.7 Å². The van der Waals surface area contributed by atoms with Crippen molar-refractivity contribution in [1.82, 2.24) is 5.32 Å². The van der Waals surface area contributed by atoms with Crippen LogP contribution in [-0.2, 0) is 0 Å². The molecule has 1 amide bonds. The topological polar surface area (TPSA) is 38.3 Å². The molecule has 122 valence electrons. The Bertz CT molecular complexity index is 735. The van der Waals surface area contributed by atoms with Crippen molar-refractivity contribution in [2.75, 3.05) is 7.11 Å². The summed E-state index contributed by atoms with van der Waals surface area (Å²) < 4.78 is 5.24. The summed E-state index contributed by atoms with van der Waals surface area (Å²) >= 11 is 0. The minimum atomic E-state index is -0.0686. The molecule has 1 atom stereocenters. The first-order valence-electron chi connectivity index (χ1n) is 7.86. The minimum absolute atomic E-state index is 0.0378. The zero-order valence-electron chi connectivity index (χ0n) is 14.8. The Morgan fingerprint density at radius 2 is 1.61 bits per heavy atom. The number of hydrogen-bond acceptors (Lipinski definition) is 2. The summed E-state index contributed by atoms with van der Waals surface area (Å²) in [5.41, 5.74) is 6.48. The molecule has 0 unspecified atom stereocenters. The van der Waals surface area contributed by atoms with Crippen molar-refractivity contribution < 1.29 is 9.53 Å². The van der Waals surface area contributed by atoms with Crippen LogP contribution in [0.25, 0.3) is 0 Å². The van der Waals surface area contributed by atoms with Gasteiger partial charge in [0, 0.05) is 5.56 Å². The van der Waals surface area contributed by atoms with E-state index in [-0.39, 0.29) is 11.9 Å². The third-order valence-corrected chi connectivity index (χ3v) is 4.35. The van der Waals surface area contributed by atoms with Crippen molar-refractivity contribution >= 4 is 5.91 Å². The molecule has 23 heavy (non-hydrogen) atoms. The maximum absolute atomic E-state index is 12.5. The van der Waals surface area contributed by atoms with Gasteiger partial charge in [-0.1, -0.05) is 12.1 Å². The molecule has 3 heteroatoms. The van der Waals surface area contributed by atoms with Crippen LogP contribution in [-0.4, -0.2) is 13.0 Å². The van der Waals surface area contributed by atoms with Crippen LogP contribution in [0.2, 0.25) is 0 Å². The summed E-state index contributed by atoms with van der Waals surface area (Å²) in [7, 11) is 1.63. The highest BCUT2D eigenvalue weighted by atomic mass is 16.5. The van der Waals surface area contributed by atoms with Gasteiger partial charge in [-0.25, -0.2) is 0 Å². The molecule has 0 heterocycles. The lowest BCUT2D eigenvalue weighted by molar-refractivity contribution is 0.0939. The van der Waals surface area contributed by atoms with Crippen LogP contribution < -0.4 is 10.1 Å². The first kappa shape index (κ1) is 17.1. The molecular weight excluding hydrogens is 286 g/mol. The summed E-state index contributed by atoms with van der Waals surface area (Å²) in [6.45, 7) is 10.2. The fourth-order valence-corrected chi connectivity index (χ4v) is 2.83. The molecule has 0 aliphatic rings. The molecule has 0 saturated carbocycles. The number of benzene rings is 2. The van der Waals surface area contributed by atoms with Crippen LogP contribution in [0.3, 0.4) is 0 Å². The smallest absolute Gasteiger partial charge is 0.251 e. The lowest BCUT2D eigenvalue weighted by Gasteiger charge is -2.19. The third kappa shape index (κ3) is 3.73. The summed E-state index contributed by atoms with van der Waals surface area (Å²) in [5.74, 6) is 0.723. The number of rotatable bonds is 4. The summed E-state index contributed by atoms with van der Waals surface area (Å²) in [5, 5.41) is 3.08. The number of ether oxygens (including phenoxy) is 1. The number of nitrogens with one attached hydrogen (secondary N) is 1. The van der Waals surface area contributed by atoms with E-state index in [2.05, 4.69) is 38.2 Å². The molecule has 0 aliphatic heterocycles. The average Bonchev–Trinajstić information content (AvgIpc) is 2.50. The lowest BCUT2D eigenvalue weighted by Crippen LogP contribution is -2.27. The highest BCUT2D eigenvalue weighted by Crippen LogP contribution is 2.23. The number of methoxy groups -OCH3 is 1. The zero-order valence-corrected chi connectivity index (χ0v) is 14.8. The first-order valence-corrected chi connectivity index (χ1v) is 7.86. The van der Waals surface area contributed by atoms with Crippen LogP contribution in [0.15, 0.2) is 30.3 Å². The van der Waals surface area contributed by atoms with Gasteiger partial charge in [-0.05, 0) is 80.6 Å². The molecule has 2 aromatic carbocycles. The second kappa shape index (κ2) is 6.86. The van der Waals surface area contributed by atoms with E-state index in [1.54, 1.807) is 13.2 Å². The fraction of sp³-hybridized carbons (Fsp3) is 0.350. The van der Waals surface area contributed by atoms with Gasteiger partial charge in [-0.2, -0.15) is 0 Å². The molecule has 1 N–H and O–H groups in total. The Hall–Kier alpha value is -2.29. The van der Waals surface area contributed by atoms with Crippen LogP contribution in [0, 0.1) is 27.7 Å². The molecule has 3 nitrogen and oxygen atoms in total. The number of carbonyl (C=O) groups excluding carboxylic acids is 1. The van der Waals surface area contributed by atoms with Crippen molar-refractivity contribution in [3.8, 4) is 5.75 Å². The Labute approximate surface area is 138 Å². The van der Waals surface area contributed by atoms with Crippen molar-refractivity contribution in [2.24, 2.45) is 0 Å². The molecule has 0 radical (unpaired) electrons. The third-order valence-electron chi connectivity index (χ3n) is 4.35. The summed E-state index contributed by atoms with van der Waals surface area (Å²) in [6.07, 6.45) is 0. The predicted octanol–water partition coefficient (Wildman–Crippen LogP) is 4.42. The van der Waals surface area contributed by atoms with E-state index in [0.717, 1.165) is 16.9 Å². The zero-order chi connectivity index (χ0) is 17.1. The molecule has 0 saturated heterocycles. The van der Waals surface area contributed by atoms with Crippen LogP contribution in [0.5, 0.6) is 5.75 Å². The second-order valence-electron chi connectivity index (χ2n) is 6.17. The van der Waals surface area contributed by atoms with Gasteiger partial charge in [-0.15, -0.1) is 0 Å². The molecular formula is C20H25NO2. The predicted molar refractivity (Wildman–Crippen MR) is 94.3 cm³/mol. The highest BCUT2D eigenvalue weighted by molar-refractivity contribution is 5.94. The Balaban J connectivity index is 2.20. The van der Waals surface area contributed by atoms with Crippen molar-refractivity contribution in [1.29, 1.82) is 0 Å². The summed E-state index contributed by atoms with van der Waals surface area (Å²) in [6, 6.07) is 9.77. The molecule has 0 bridgehead atoms. The maximum atomic E-state index is 12.5. The van der Waals surface area contributed by atoms with Crippen LogP contribution in [0.4, 0.5) is 0 Å².